The van der Waals surface area contributed by atoms with E-state index in [-0.39, 0.29) is 11.1 Å². The van der Waals surface area contributed by atoms with Crippen molar-refractivity contribution < 1.29 is 9.53 Å². The normalized spacial score (nSPS) is 15.6. The molecule has 0 saturated heterocycles. The summed E-state index contributed by atoms with van der Waals surface area (Å²) < 4.78 is 7.12. The second kappa shape index (κ2) is 6.93. The van der Waals surface area contributed by atoms with Crippen LogP contribution in [0.1, 0.15) is 37.5 Å². The van der Waals surface area contributed by atoms with E-state index in [0.717, 1.165) is 16.8 Å². The van der Waals surface area contributed by atoms with Gasteiger partial charge in [0, 0.05) is 17.3 Å². The third-order valence-electron chi connectivity index (χ3n) is 4.55. The number of rotatable bonds is 3. The van der Waals surface area contributed by atoms with Gasteiger partial charge in [0.05, 0.1) is 11.9 Å². The highest BCUT2D eigenvalue weighted by atomic mass is 16.6. The molecule has 0 aliphatic carbocycles. The van der Waals surface area contributed by atoms with Crippen LogP contribution in [-0.2, 0) is 14.9 Å². The number of cyclic esters (lactones) is 1. The molecule has 0 N–H and O–H groups in total. The Kier molecular flexibility index (Phi) is 4.43. The molecule has 2 aromatic carbocycles. The lowest BCUT2D eigenvalue weighted by Gasteiger charge is -2.18. The Morgan fingerprint density at radius 3 is 2.39 bits per heavy atom. The molecule has 0 spiro atoms. The number of hydrogen-bond acceptors (Lipinski definition) is 4. The second-order valence-corrected chi connectivity index (χ2v) is 7.72. The first-order valence-electron chi connectivity index (χ1n) is 9.14. The SMILES string of the molecule is CC(C)(C)c1ccc(C2=N/C(=C/c3cnn(-c4ccccc4)c3)C(=O)O2)cc1. The largest absolute Gasteiger partial charge is 0.402 e. The molecule has 1 aliphatic heterocycles. The summed E-state index contributed by atoms with van der Waals surface area (Å²) >= 11 is 0. The second-order valence-electron chi connectivity index (χ2n) is 7.72. The van der Waals surface area contributed by atoms with Crippen molar-refractivity contribution in [3.63, 3.8) is 0 Å². The van der Waals surface area contributed by atoms with Gasteiger partial charge in [-0.15, -0.1) is 0 Å². The average Bonchev–Trinajstić information content (AvgIpc) is 3.29. The summed E-state index contributed by atoms with van der Waals surface area (Å²) in [6, 6.07) is 17.7. The predicted molar refractivity (Wildman–Crippen MR) is 109 cm³/mol. The maximum atomic E-state index is 12.2. The molecule has 1 aliphatic rings. The highest BCUT2D eigenvalue weighted by Crippen LogP contribution is 2.24. The van der Waals surface area contributed by atoms with Gasteiger partial charge < -0.3 is 4.74 Å². The first-order valence-corrected chi connectivity index (χ1v) is 9.14. The molecule has 0 saturated carbocycles. The highest BCUT2D eigenvalue weighted by Gasteiger charge is 2.24. The molecule has 5 heteroatoms. The zero-order valence-corrected chi connectivity index (χ0v) is 16.1. The number of hydrogen-bond donors (Lipinski definition) is 0. The van der Waals surface area contributed by atoms with Gasteiger partial charge >= 0.3 is 5.97 Å². The number of carbonyl (C=O) groups excluding carboxylic acids is 1. The number of carbonyl (C=O) groups is 1. The summed E-state index contributed by atoms with van der Waals surface area (Å²) in [6.07, 6.45) is 5.23. The Balaban J connectivity index is 1.58. The molecule has 2 heterocycles. The molecule has 0 unspecified atom stereocenters. The molecular weight excluding hydrogens is 350 g/mol. The Labute approximate surface area is 164 Å². The Morgan fingerprint density at radius 1 is 1.00 bits per heavy atom. The molecule has 0 amide bonds. The maximum absolute atomic E-state index is 12.2. The van der Waals surface area contributed by atoms with Crippen LogP contribution in [0.3, 0.4) is 0 Å². The van der Waals surface area contributed by atoms with Crippen molar-refractivity contribution in [3.8, 4) is 5.69 Å². The van der Waals surface area contributed by atoms with Crippen LogP contribution in [0.15, 0.2) is 77.7 Å². The zero-order valence-electron chi connectivity index (χ0n) is 16.1. The van der Waals surface area contributed by atoms with Crippen molar-refractivity contribution >= 4 is 17.9 Å². The summed E-state index contributed by atoms with van der Waals surface area (Å²) in [5, 5.41) is 4.33. The van der Waals surface area contributed by atoms with Crippen LogP contribution < -0.4 is 0 Å². The van der Waals surface area contributed by atoms with Crippen molar-refractivity contribution in [1.29, 1.82) is 0 Å². The fraction of sp³-hybridized carbons (Fsp3) is 0.174. The minimum atomic E-state index is -0.456. The number of nitrogens with zero attached hydrogens (tertiary/aromatic N) is 3. The van der Waals surface area contributed by atoms with Gasteiger partial charge in [0.25, 0.3) is 0 Å². The number of benzene rings is 2. The molecule has 3 aromatic rings. The van der Waals surface area contributed by atoms with Crippen LogP contribution in [0.5, 0.6) is 0 Å². The molecule has 0 fully saturated rings. The highest BCUT2D eigenvalue weighted by molar-refractivity contribution is 6.12. The Bertz CT molecular complexity index is 1070. The van der Waals surface area contributed by atoms with Gasteiger partial charge in [-0.05, 0) is 41.3 Å². The summed E-state index contributed by atoms with van der Waals surface area (Å²) in [5.74, 6) is -0.130. The minimum Gasteiger partial charge on any atom is -0.402 e. The third kappa shape index (κ3) is 3.64. The monoisotopic (exact) mass is 371 g/mol. The van der Waals surface area contributed by atoms with Crippen molar-refractivity contribution in [3.05, 3.63) is 89.4 Å². The summed E-state index contributed by atoms with van der Waals surface area (Å²) in [7, 11) is 0. The minimum absolute atomic E-state index is 0.0661. The summed E-state index contributed by atoms with van der Waals surface area (Å²) in [4.78, 5) is 16.6. The van der Waals surface area contributed by atoms with Crippen LogP contribution in [0.2, 0.25) is 0 Å². The molecule has 28 heavy (non-hydrogen) atoms. The van der Waals surface area contributed by atoms with E-state index in [4.69, 9.17) is 4.74 Å². The molecule has 0 atom stereocenters. The number of ether oxygens (including phenoxy) is 1. The van der Waals surface area contributed by atoms with Gasteiger partial charge in [-0.1, -0.05) is 51.1 Å². The molecule has 140 valence electrons. The van der Waals surface area contributed by atoms with Gasteiger partial charge in [0.15, 0.2) is 5.70 Å². The lowest BCUT2D eigenvalue weighted by atomic mass is 9.87. The Morgan fingerprint density at radius 2 is 1.71 bits per heavy atom. The van der Waals surface area contributed by atoms with E-state index in [2.05, 4.69) is 30.9 Å². The van der Waals surface area contributed by atoms with E-state index in [1.54, 1.807) is 17.0 Å². The van der Waals surface area contributed by atoms with Crippen LogP contribution in [0.25, 0.3) is 11.8 Å². The van der Waals surface area contributed by atoms with Crippen LogP contribution in [0, 0.1) is 0 Å². The van der Waals surface area contributed by atoms with E-state index in [9.17, 15) is 4.79 Å². The van der Waals surface area contributed by atoms with Crippen LogP contribution in [0.4, 0.5) is 0 Å². The van der Waals surface area contributed by atoms with Gasteiger partial charge in [0.1, 0.15) is 0 Å². The topological polar surface area (TPSA) is 56.5 Å². The smallest absolute Gasteiger partial charge is 0.363 e. The molecule has 4 rings (SSSR count). The van der Waals surface area contributed by atoms with Crippen molar-refractivity contribution in [2.75, 3.05) is 0 Å². The van der Waals surface area contributed by atoms with Gasteiger partial charge in [0.2, 0.25) is 5.90 Å². The predicted octanol–water partition coefficient (Wildman–Crippen LogP) is 4.51. The van der Waals surface area contributed by atoms with Gasteiger partial charge in [-0.3, -0.25) is 0 Å². The van der Waals surface area contributed by atoms with Crippen molar-refractivity contribution in [2.45, 2.75) is 26.2 Å². The van der Waals surface area contributed by atoms with Crippen molar-refractivity contribution in [2.24, 2.45) is 4.99 Å². The van der Waals surface area contributed by atoms with E-state index in [1.807, 2.05) is 60.8 Å². The lowest BCUT2D eigenvalue weighted by molar-refractivity contribution is -0.129. The van der Waals surface area contributed by atoms with E-state index in [1.165, 1.54) is 5.56 Å². The van der Waals surface area contributed by atoms with Crippen LogP contribution >= 0.6 is 0 Å². The summed E-state index contributed by atoms with van der Waals surface area (Å²) in [5.41, 5.74) is 4.06. The standard InChI is InChI=1S/C23H21N3O2/c1-23(2,3)18-11-9-17(10-12-18)21-25-20(22(27)28-21)13-16-14-24-26(15-16)19-7-5-4-6-8-19/h4-15H,1-3H3/b20-13+. The first kappa shape index (κ1) is 17.9. The fourth-order valence-corrected chi connectivity index (χ4v) is 2.94. The number of esters is 1. The average molecular weight is 371 g/mol. The van der Waals surface area contributed by atoms with Crippen molar-refractivity contribution in [1.82, 2.24) is 9.78 Å². The van der Waals surface area contributed by atoms with Crippen LogP contribution in [-0.4, -0.2) is 21.6 Å². The summed E-state index contributed by atoms with van der Waals surface area (Å²) in [6.45, 7) is 6.47. The van der Waals surface area contributed by atoms with E-state index < -0.39 is 5.97 Å². The van der Waals surface area contributed by atoms with Gasteiger partial charge in [-0.2, -0.15) is 5.10 Å². The number of para-hydroxylation sites is 1. The molecule has 0 radical (unpaired) electrons. The maximum Gasteiger partial charge on any atom is 0.363 e. The third-order valence-corrected chi connectivity index (χ3v) is 4.55. The Hall–Kier alpha value is -3.47. The molecule has 5 nitrogen and oxygen atoms in total. The fourth-order valence-electron chi connectivity index (χ4n) is 2.94. The van der Waals surface area contributed by atoms with Gasteiger partial charge in [-0.25, -0.2) is 14.5 Å². The first-order chi connectivity index (χ1) is 13.4. The quantitative estimate of drug-likeness (QED) is 0.503. The number of aromatic nitrogens is 2. The number of aliphatic imine (C=N–C) groups is 1. The van der Waals surface area contributed by atoms with E-state index >= 15 is 0 Å². The molecule has 1 aromatic heterocycles. The van der Waals surface area contributed by atoms with E-state index in [0.29, 0.717) is 5.90 Å². The lowest BCUT2D eigenvalue weighted by Crippen LogP contribution is -2.11. The zero-order chi connectivity index (χ0) is 19.7. The molecule has 0 bridgehead atoms. The molecular formula is C23H21N3O2.